The number of ether oxygens (including phenoxy) is 2. The van der Waals surface area contributed by atoms with E-state index in [-0.39, 0.29) is 19.3 Å². The molecule has 1 aliphatic heterocycles. The number of nitrogens with zero attached hydrogens (tertiary/aromatic N) is 2. The first-order chi connectivity index (χ1) is 13.1. The Morgan fingerprint density at radius 3 is 2.81 bits per heavy atom. The van der Waals surface area contributed by atoms with Crippen molar-refractivity contribution in [1.29, 1.82) is 0 Å². The first kappa shape index (κ1) is 19.2. The lowest BCUT2D eigenvalue weighted by Gasteiger charge is -2.22. The third-order valence-corrected chi connectivity index (χ3v) is 4.78. The molecule has 0 aliphatic carbocycles. The molecule has 3 rings (SSSR count). The molecule has 8 heteroatoms. The van der Waals surface area contributed by atoms with E-state index >= 15 is 0 Å². The summed E-state index contributed by atoms with van der Waals surface area (Å²) in [6.45, 7) is 2.15. The fraction of sp³-hybridized carbons (Fsp3) is 0.526. The van der Waals surface area contributed by atoms with Crippen LogP contribution in [0.2, 0.25) is 0 Å². The summed E-state index contributed by atoms with van der Waals surface area (Å²) < 4.78 is 16.1. The lowest BCUT2D eigenvalue weighted by molar-refractivity contribution is -0.142. The molecule has 146 valence electrons. The quantitative estimate of drug-likeness (QED) is 0.608. The van der Waals surface area contributed by atoms with Gasteiger partial charge in [-0.25, -0.2) is 0 Å². The van der Waals surface area contributed by atoms with Crippen molar-refractivity contribution < 1.29 is 29.0 Å². The number of fused-ring (bicyclic) bond motifs is 1. The third kappa shape index (κ3) is 4.57. The van der Waals surface area contributed by atoms with Crippen LogP contribution < -0.4 is 9.47 Å². The number of aryl methyl sites for hydroxylation is 1. The van der Waals surface area contributed by atoms with Crippen LogP contribution in [0.15, 0.2) is 22.7 Å². The molecule has 8 nitrogen and oxygen atoms in total. The second-order valence-electron chi connectivity index (χ2n) is 6.56. The minimum absolute atomic E-state index is 0.133. The van der Waals surface area contributed by atoms with E-state index in [1.165, 1.54) is 0 Å². The van der Waals surface area contributed by atoms with Crippen molar-refractivity contribution in [2.45, 2.75) is 44.9 Å². The highest BCUT2D eigenvalue weighted by Crippen LogP contribution is 2.38. The Labute approximate surface area is 157 Å². The minimum Gasteiger partial charge on any atom is -0.481 e. The number of carboxylic acids is 1. The molecule has 2 N–H and O–H groups in total. The monoisotopic (exact) mass is 376 g/mol. The average molecular weight is 376 g/mol. The van der Waals surface area contributed by atoms with E-state index in [4.69, 9.17) is 19.1 Å². The molecule has 0 fully saturated rings. The summed E-state index contributed by atoms with van der Waals surface area (Å²) in [4.78, 5) is 16.2. The summed E-state index contributed by atoms with van der Waals surface area (Å²) in [5.74, 6) is 0.492. The highest BCUT2D eigenvalue weighted by molar-refractivity contribution is 5.71. The predicted octanol–water partition coefficient (Wildman–Crippen LogP) is 2.55. The van der Waals surface area contributed by atoms with Crippen LogP contribution in [0.5, 0.6) is 11.5 Å². The predicted molar refractivity (Wildman–Crippen MR) is 94.7 cm³/mol. The SMILES string of the molecule is CCC(C(=O)O)C(Cc1nc(CCCCO)no1)c1ccc2c(c1)OCO2. The number of aliphatic carboxylic acids is 1. The van der Waals surface area contributed by atoms with Crippen LogP contribution >= 0.6 is 0 Å². The van der Waals surface area contributed by atoms with E-state index in [1.54, 1.807) is 6.07 Å². The zero-order chi connectivity index (χ0) is 19.2. The van der Waals surface area contributed by atoms with E-state index in [1.807, 2.05) is 19.1 Å². The second kappa shape index (κ2) is 8.85. The van der Waals surface area contributed by atoms with Gasteiger partial charge in [0.25, 0.3) is 0 Å². The maximum absolute atomic E-state index is 11.8. The van der Waals surface area contributed by atoms with Crippen LogP contribution in [-0.2, 0) is 17.6 Å². The average Bonchev–Trinajstić information content (AvgIpc) is 3.30. The lowest BCUT2D eigenvalue weighted by atomic mass is 9.82. The van der Waals surface area contributed by atoms with Crippen molar-refractivity contribution in [3.8, 4) is 11.5 Å². The Bertz CT molecular complexity index is 775. The van der Waals surface area contributed by atoms with E-state index in [9.17, 15) is 9.90 Å². The van der Waals surface area contributed by atoms with Crippen molar-refractivity contribution in [1.82, 2.24) is 10.1 Å². The fourth-order valence-corrected chi connectivity index (χ4v) is 3.33. The molecule has 2 atom stereocenters. The number of aliphatic hydroxyl groups is 1. The van der Waals surface area contributed by atoms with Gasteiger partial charge in [-0.2, -0.15) is 4.98 Å². The number of aromatic nitrogens is 2. The molecule has 2 unspecified atom stereocenters. The summed E-state index contributed by atoms with van der Waals surface area (Å²) in [7, 11) is 0. The van der Waals surface area contributed by atoms with Gasteiger partial charge in [0.2, 0.25) is 12.7 Å². The van der Waals surface area contributed by atoms with Crippen molar-refractivity contribution in [2.24, 2.45) is 5.92 Å². The highest BCUT2D eigenvalue weighted by Gasteiger charge is 2.31. The zero-order valence-electron chi connectivity index (χ0n) is 15.3. The van der Waals surface area contributed by atoms with Crippen molar-refractivity contribution in [3.05, 3.63) is 35.5 Å². The molecule has 2 heterocycles. The Morgan fingerprint density at radius 1 is 1.26 bits per heavy atom. The first-order valence-corrected chi connectivity index (χ1v) is 9.17. The van der Waals surface area contributed by atoms with E-state index in [2.05, 4.69) is 10.1 Å². The molecular weight excluding hydrogens is 352 g/mol. The topological polar surface area (TPSA) is 115 Å². The number of hydrogen-bond acceptors (Lipinski definition) is 7. The molecule has 1 aliphatic rings. The lowest BCUT2D eigenvalue weighted by Crippen LogP contribution is -2.23. The largest absolute Gasteiger partial charge is 0.481 e. The van der Waals surface area contributed by atoms with Crippen LogP contribution in [0.1, 0.15) is 49.4 Å². The Hall–Kier alpha value is -2.61. The zero-order valence-corrected chi connectivity index (χ0v) is 15.3. The first-order valence-electron chi connectivity index (χ1n) is 9.17. The molecule has 1 aromatic carbocycles. The van der Waals surface area contributed by atoms with Crippen LogP contribution in [0.3, 0.4) is 0 Å². The van der Waals surface area contributed by atoms with E-state index in [0.29, 0.717) is 48.9 Å². The molecule has 0 saturated carbocycles. The molecule has 0 bridgehead atoms. The van der Waals surface area contributed by atoms with Gasteiger partial charge in [-0.3, -0.25) is 4.79 Å². The van der Waals surface area contributed by atoms with Crippen LogP contribution in [0, 0.1) is 5.92 Å². The van der Waals surface area contributed by atoms with Crippen molar-refractivity contribution >= 4 is 5.97 Å². The van der Waals surface area contributed by atoms with Crippen LogP contribution in [0.25, 0.3) is 0 Å². The molecule has 0 amide bonds. The Morgan fingerprint density at radius 2 is 2.07 bits per heavy atom. The maximum Gasteiger partial charge on any atom is 0.307 e. The number of benzene rings is 1. The summed E-state index contributed by atoms with van der Waals surface area (Å²) in [6.07, 6.45) is 2.88. The Kier molecular flexibility index (Phi) is 6.28. The van der Waals surface area contributed by atoms with E-state index < -0.39 is 11.9 Å². The number of aliphatic hydroxyl groups excluding tert-OH is 1. The molecule has 0 radical (unpaired) electrons. The molecular formula is C19H24N2O6. The van der Waals surface area contributed by atoms with E-state index in [0.717, 1.165) is 12.0 Å². The van der Waals surface area contributed by atoms with Gasteiger partial charge in [-0.05, 0) is 37.0 Å². The summed E-state index contributed by atoms with van der Waals surface area (Å²) >= 11 is 0. The maximum atomic E-state index is 11.8. The van der Waals surface area contributed by atoms with Crippen LogP contribution in [0.4, 0.5) is 0 Å². The number of rotatable bonds is 10. The summed E-state index contributed by atoms with van der Waals surface area (Å²) in [6, 6.07) is 5.49. The van der Waals surface area contributed by atoms with Gasteiger partial charge in [0.05, 0.1) is 5.92 Å². The number of carboxylic acid groups (broad SMARTS) is 1. The summed E-state index contributed by atoms with van der Waals surface area (Å²) in [5.41, 5.74) is 0.841. The van der Waals surface area contributed by atoms with Gasteiger partial charge in [0.1, 0.15) is 0 Å². The van der Waals surface area contributed by atoms with Gasteiger partial charge >= 0.3 is 5.97 Å². The number of carbonyl (C=O) groups is 1. The molecule has 0 saturated heterocycles. The van der Waals surface area contributed by atoms with Gasteiger partial charge in [0.15, 0.2) is 17.3 Å². The van der Waals surface area contributed by atoms with Crippen molar-refractivity contribution in [2.75, 3.05) is 13.4 Å². The van der Waals surface area contributed by atoms with Gasteiger partial charge in [-0.1, -0.05) is 18.1 Å². The van der Waals surface area contributed by atoms with Gasteiger partial charge in [-0.15, -0.1) is 0 Å². The van der Waals surface area contributed by atoms with Gasteiger partial charge in [0, 0.05) is 25.4 Å². The molecule has 27 heavy (non-hydrogen) atoms. The third-order valence-electron chi connectivity index (χ3n) is 4.78. The molecule has 1 aromatic heterocycles. The van der Waals surface area contributed by atoms with Crippen LogP contribution in [-0.4, -0.2) is 39.7 Å². The Balaban J connectivity index is 1.81. The van der Waals surface area contributed by atoms with Crippen molar-refractivity contribution in [3.63, 3.8) is 0 Å². The molecule has 0 spiro atoms. The summed E-state index contributed by atoms with van der Waals surface area (Å²) in [5, 5.41) is 22.5. The number of hydrogen-bond donors (Lipinski definition) is 2. The fourth-order valence-electron chi connectivity index (χ4n) is 3.33. The molecule has 2 aromatic rings. The minimum atomic E-state index is -0.858. The number of unbranched alkanes of at least 4 members (excludes halogenated alkanes) is 1. The standard InChI is InChI=1S/C19H24N2O6/c1-2-13(19(23)24)14(12-6-7-15-16(9-12)26-11-25-15)10-18-20-17(21-27-18)5-3-4-8-22/h6-7,9,13-14,22H,2-5,8,10-11H2,1H3,(H,23,24). The second-order valence-corrected chi connectivity index (χ2v) is 6.56. The smallest absolute Gasteiger partial charge is 0.307 e. The normalized spacial score (nSPS) is 14.9. The van der Waals surface area contributed by atoms with Gasteiger partial charge < -0.3 is 24.2 Å². The highest BCUT2D eigenvalue weighted by atomic mass is 16.7.